The third-order valence-electron chi connectivity index (χ3n) is 4.86. The molecule has 4 rings (SSSR count). The van der Waals surface area contributed by atoms with Gasteiger partial charge in [-0.15, -0.1) is 0 Å². The minimum Gasteiger partial charge on any atom is -0.481 e. The first kappa shape index (κ1) is 16.4. The molecule has 1 aromatic carbocycles. The van der Waals surface area contributed by atoms with Crippen LogP contribution in [0.2, 0.25) is 0 Å². The summed E-state index contributed by atoms with van der Waals surface area (Å²) in [6.07, 6.45) is 4.84. The molecule has 0 saturated carbocycles. The van der Waals surface area contributed by atoms with Gasteiger partial charge in [-0.1, -0.05) is 0 Å². The fourth-order valence-corrected chi connectivity index (χ4v) is 4.24. The van der Waals surface area contributed by atoms with Crippen molar-refractivity contribution in [2.24, 2.45) is 0 Å². The van der Waals surface area contributed by atoms with Crippen molar-refractivity contribution in [2.45, 2.75) is 31.6 Å². The predicted octanol–water partition coefficient (Wildman–Crippen LogP) is 4.01. The van der Waals surface area contributed by atoms with E-state index in [-0.39, 0.29) is 18.2 Å². The fraction of sp³-hybridized carbons (Fsp3) is 0.263. The number of carbonyl (C=O) groups is 2. The number of aromatic amines is 1. The monoisotopic (exact) mass is 448 g/mol. The molecular weight excluding hydrogens is 431 g/mol. The van der Waals surface area contributed by atoms with Gasteiger partial charge in [0.2, 0.25) is 0 Å². The van der Waals surface area contributed by atoms with Crippen LogP contribution < -0.4 is 5.32 Å². The fourth-order valence-electron chi connectivity index (χ4n) is 3.75. The van der Waals surface area contributed by atoms with Crippen LogP contribution in [0.3, 0.4) is 0 Å². The Kier molecular flexibility index (Phi) is 4.15. The third kappa shape index (κ3) is 3.10. The second kappa shape index (κ2) is 6.33. The molecule has 0 saturated heterocycles. The van der Waals surface area contributed by atoms with E-state index in [0.717, 1.165) is 51.0 Å². The molecule has 1 atom stereocenters. The zero-order valence-electron chi connectivity index (χ0n) is 13.4. The minimum atomic E-state index is -0.766. The highest BCUT2D eigenvalue weighted by Gasteiger charge is 2.27. The lowest BCUT2D eigenvalue weighted by Gasteiger charge is -2.20. The van der Waals surface area contributed by atoms with Crippen molar-refractivity contribution in [1.29, 1.82) is 0 Å². The second-order valence-electron chi connectivity index (χ2n) is 6.55. The Hall–Kier alpha value is -2.09. The molecule has 6 heteroatoms. The maximum atomic E-state index is 12.3. The Bertz CT molecular complexity index is 913. The van der Waals surface area contributed by atoms with Crippen LogP contribution in [0.25, 0.3) is 11.6 Å². The molecule has 0 spiro atoms. The molecule has 2 aliphatic rings. The molecule has 1 aliphatic heterocycles. The number of carboxylic acid groups (broad SMARTS) is 1. The number of aromatic nitrogens is 1. The van der Waals surface area contributed by atoms with E-state index in [1.54, 1.807) is 0 Å². The number of benzene rings is 1. The molecule has 5 nitrogen and oxygen atoms in total. The molecule has 0 fully saturated rings. The zero-order chi connectivity index (χ0) is 17.6. The van der Waals surface area contributed by atoms with Crippen molar-refractivity contribution >= 4 is 51.8 Å². The SMILES string of the molecule is O=C(O)CC1CCCc2[nH]c(C=C3C(=O)Nc4ccc(I)cc43)cc21. The van der Waals surface area contributed by atoms with Gasteiger partial charge >= 0.3 is 5.97 Å². The average molecular weight is 448 g/mol. The van der Waals surface area contributed by atoms with Gasteiger partial charge in [0.05, 0.1) is 12.0 Å². The third-order valence-corrected chi connectivity index (χ3v) is 5.53. The number of nitrogens with one attached hydrogen (secondary N) is 2. The van der Waals surface area contributed by atoms with Crippen LogP contribution in [0.15, 0.2) is 24.3 Å². The van der Waals surface area contributed by atoms with E-state index in [4.69, 9.17) is 5.11 Å². The van der Waals surface area contributed by atoms with Crippen molar-refractivity contribution in [3.05, 3.63) is 50.4 Å². The molecule has 1 aromatic heterocycles. The molecule has 2 aromatic rings. The van der Waals surface area contributed by atoms with Gasteiger partial charge in [0.1, 0.15) is 0 Å². The molecule has 1 amide bonds. The van der Waals surface area contributed by atoms with Crippen LogP contribution in [-0.4, -0.2) is 22.0 Å². The van der Waals surface area contributed by atoms with Gasteiger partial charge in [0.25, 0.3) is 5.91 Å². The second-order valence-corrected chi connectivity index (χ2v) is 7.79. The lowest BCUT2D eigenvalue weighted by atomic mass is 9.85. The van der Waals surface area contributed by atoms with Crippen molar-refractivity contribution < 1.29 is 14.7 Å². The normalized spacial score (nSPS) is 20.3. The molecule has 1 aliphatic carbocycles. The van der Waals surface area contributed by atoms with Crippen LogP contribution in [0.5, 0.6) is 0 Å². The molecular formula is C19H17IN2O3. The van der Waals surface area contributed by atoms with Gasteiger partial charge in [-0.3, -0.25) is 9.59 Å². The van der Waals surface area contributed by atoms with E-state index < -0.39 is 5.97 Å². The first-order valence-electron chi connectivity index (χ1n) is 8.28. The summed E-state index contributed by atoms with van der Waals surface area (Å²) in [4.78, 5) is 26.8. The van der Waals surface area contributed by atoms with Crippen molar-refractivity contribution in [1.82, 2.24) is 4.98 Å². The number of aliphatic carboxylic acids is 1. The van der Waals surface area contributed by atoms with Gasteiger partial charge in [-0.25, -0.2) is 0 Å². The summed E-state index contributed by atoms with van der Waals surface area (Å²) in [5, 5.41) is 12.0. The predicted molar refractivity (Wildman–Crippen MR) is 104 cm³/mol. The van der Waals surface area contributed by atoms with E-state index in [1.807, 2.05) is 30.3 Å². The number of halogens is 1. The van der Waals surface area contributed by atoms with Crippen molar-refractivity contribution in [3.63, 3.8) is 0 Å². The highest BCUT2D eigenvalue weighted by atomic mass is 127. The largest absolute Gasteiger partial charge is 0.481 e. The van der Waals surface area contributed by atoms with E-state index in [9.17, 15) is 9.59 Å². The summed E-state index contributed by atoms with van der Waals surface area (Å²) in [6, 6.07) is 7.88. The minimum absolute atomic E-state index is 0.0512. The molecule has 128 valence electrons. The number of amides is 1. The average Bonchev–Trinajstić information content (AvgIpc) is 3.10. The number of carboxylic acids is 1. The summed E-state index contributed by atoms with van der Waals surface area (Å²) in [5.41, 5.74) is 5.43. The lowest BCUT2D eigenvalue weighted by molar-refractivity contribution is -0.137. The summed E-state index contributed by atoms with van der Waals surface area (Å²) in [6.45, 7) is 0. The number of fused-ring (bicyclic) bond motifs is 2. The Morgan fingerprint density at radius 1 is 1.36 bits per heavy atom. The lowest BCUT2D eigenvalue weighted by Crippen LogP contribution is -2.12. The Labute approximate surface area is 158 Å². The smallest absolute Gasteiger partial charge is 0.303 e. The van der Waals surface area contributed by atoms with Crippen molar-refractivity contribution in [3.8, 4) is 0 Å². The van der Waals surface area contributed by atoms with E-state index >= 15 is 0 Å². The Morgan fingerprint density at radius 2 is 2.20 bits per heavy atom. The number of aryl methyl sites for hydroxylation is 1. The van der Waals surface area contributed by atoms with E-state index in [1.165, 1.54) is 0 Å². The highest BCUT2D eigenvalue weighted by Crippen LogP contribution is 2.37. The van der Waals surface area contributed by atoms with Gasteiger partial charge in [-0.2, -0.15) is 0 Å². The highest BCUT2D eigenvalue weighted by molar-refractivity contribution is 14.1. The standard InChI is InChI=1S/C19H17IN2O3/c20-11-4-5-17-14(7-11)15(19(25)22-17)9-12-8-13-10(6-18(23)24)2-1-3-16(13)21-12/h4-5,7-10,21H,1-3,6H2,(H,22,25)(H,23,24). The molecule has 0 radical (unpaired) electrons. The topological polar surface area (TPSA) is 82.2 Å². The number of hydrogen-bond acceptors (Lipinski definition) is 2. The molecule has 1 unspecified atom stereocenters. The van der Waals surface area contributed by atoms with Gasteiger partial charge in [0, 0.05) is 26.2 Å². The van der Waals surface area contributed by atoms with Gasteiger partial charge in [-0.05, 0) is 83.7 Å². The van der Waals surface area contributed by atoms with Crippen LogP contribution in [0, 0.1) is 3.57 Å². The summed E-state index contributed by atoms with van der Waals surface area (Å²) < 4.78 is 1.08. The first-order chi connectivity index (χ1) is 12.0. The molecule has 25 heavy (non-hydrogen) atoms. The van der Waals surface area contributed by atoms with Crippen LogP contribution >= 0.6 is 22.6 Å². The Morgan fingerprint density at radius 3 is 3.00 bits per heavy atom. The number of rotatable bonds is 3. The van der Waals surface area contributed by atoms with Gasteiger partial charge in [0.15, 0.2) is 0 Å². The maximum absolute atomic E-state index is 12.3. The maximum Gasteiger partial charge on any atom is 0.303 e. The number of hydrogen-bond donors (Lipinski definition) is 3. The summed E-state index contributed by atoms with van der Waals surface area (Å²) in [7, 11) is 0. The van der Waals surface area contributed by atoms with Crippen molar-refractivity contribution in [2.75, 3.05) is 5.32 Å². The van der Waals surface area contributed by atoms with Crippen LogP contribution in [-0.2, 0) is 16.0 Å². The van der Waals surface area contributed by atoms with Crippen LogP contribution in [0.4, 0.5) is 5.69 Å². The molecule has 0 bridgehead atoms. The zero-order valence-corrected chi connectivity index (χ0v) is 15.6. The number of anilines is 1. The molecule has 3 N–H and O–H groups in total. The van der Waals surface area contributed by atoms with E-state index in [0.29, 0.717) is 5.57 Å². The molecule has 2 heterocycles. The number of carbonyl (C=O) groups excluding carboxylic acids is 1. The van der Waals surface area contributed by atoms with Crippen LogP contribution in [0.1, 0.15) is 47.7 Å². The first-order valence-corrected chi connectivity index (χ1v) is 9.35. The number of H-pyrrole nitrogens is 1. The van der Waals surface area contributed by atoms with Gasteiger partial charge < -0.3 is 15.4 Å². The Balaban J connectivity index is 1.72. The summed E-state index contributed by atoms with van der Waals surface area (Å²) >= 11 is 2.24. The quantitative estimate of drug-likeness (QED) is 0.491. The van der Waals surface area contributed by atoms with E-state index in [2.05, 4.69) is 32.9 Å². The summed E-state index contributed by atoms with van der Waals surface area (Å²) in [5.74, 6) is -0.820.